The van der Waals surface area contributed by atoms with E-state index in [1.807, 2.05) is 19.1 Å². The van der Waals surface area contributed by atoms with Crippen LogP contribution >= 0.6 is 11.3 Å². The zero-order valence-electron chi connectivity index (χ0n) is 9.85. The highest BCUT2D eigenvalue weighted by Crippen LogP contribution is 2.28. The van der Waals surface area contributed by atoms with Crippen molar-refractivity contribution < 1.29 is 9.90 Å². The third kappa shape index (κ3) is 2.67. The third-order valence-electron chi connectivity index (χ3n) is 3.01. The van der Waals surface area contributed by atoms with E-state index < -0.39 is 5.97 Å². The first-order chi connectivity index (χ1) is 8.22. The average molecular weight is 248 g/mol. The van der Waals surface area contributed by atoms with Crippen molar-refractivity contribution in [1.29, 1.82) is 0 Å². The predicted molar refractivity (Wildman–Crippen MR) is 71.6 cm³/mol. The van der Waals surface area contributed by atoms with Crippen LogP contribution in [0.2, 0.25) is 0 Å². The Morgan fingerprint density at radius 2 is 2.18 bits per heavy atom. The molecule has 1 N–H and O–H groups in total. The van der Waals surface area contributed by atoms with Crippen molar-refractivity contribution in [2.24, 2.45) is 5.92 Å². The van der Waals surface area contributed by atoms with E-state index >= 15 is 0 Å². The van der Waals surface area contributed by atoms with E-state index in [0.717, 1.165) is 12.8 Å². The monoisotopic (exact) mass is 248 g/mol. The van der Waals surface area contributed by atoms with Crippen LogP contribution in [0.25, 0.3) is 10.1 Å². The van der Waals surface area contributed by atoms with Crippen molar-refractivity contribution in [3.05, 3.63) is 35.2 Å². The maximum Gasteiger partial charge on any atom is 0.306 e. The fourth-order valence-corrected chi connectivity index (χ4v) is 3.09. The first-order valence-corrected chi connectivity index (χ1v) is 6.78. The summed E-state index contributed by atoms with van der Waals surface area (Å²) in [5.74, 6) is -0.930. The molecule has 0 aliphatic heterocycles. The summed E-state index contributed by atoms with van der Waals surface area (Å²) < 4.78 is 1.24. The number of thiophene rings is 1. The van der Waals surface area contributed by atoms with Crippen LogP contribution in [0.15, 0.2) is 29.6 Å². The molecule has 1 heterocycles. The Balaban J connectivity index is 2.25. The molecule has 1 unspecified atom stereocenters. The van der Waals surface area contributed by atoms with Gasteiger partial charge in [-0.25, -0.2) is 0 Å². The molecule has 90 valence electrons. The van der Waals surface area contributed by atoms with Crippen molar-refractivity contribution in [2.45, 2.75) is 26.2 Å². The van der Waals surface area contributed by atoms with Gasteiger partial charge in [0.1, 0.15) is 0 Å². The van der Waals surface area contributed by atoms with E-state index in [4.69, 9.17) is 0 Å². The maximum absolute atomic E-state index is 11.2. The van der Waals surface area contributed by atoms with Gasteiger partial charge in [-0.05, 0) is 35.2 Å². The topological polar surface area (TPSA) is 37.3 Å². The Bertz CT molecular complexity index is 516. The number of carboxylic acids is 1. The Morgan fingerprint density at radius 3 is 2.88 bits per heavy atom. The number of hydrogen-bond acceptors (Lipinski definition) is 2. The number of carbonyl (C=O) groups is 1. The molecule has 0 bridgehead atoms. The Labute approximate surface area is 105 Å². The van der Waals surface area contributed by atoms with E-state index in [2.05, 4.69) is 17.5 Å². The molecule has 1 atom stereocenters. The Hall–Kier alpha value is -1.35. The second-order valence-electron chi connectivity index (χ2n) is 4.29. The van der Waals surface area contributed by atoms with Gasteiger partial charge < -0.3 is 5.11 Å². The molecular formula is C14H16O2S. The number of aliphatic carboxylic acids is 1. The van der Waals surface area contributed by atoms with Crippen LogP contribution in [0.4, 0.5) is 0 Å². The quantitative estimate of drug-likeness (QED) is 0.870. The number of benzene rings is 1. The number of rotatable bonds is 5. The van der Waals surface area contributed by atoms with Gasteiger partial charge in [0.25, 0.3) is 0 Å². The van der Waals surface area contributed by atoms with Crippen LogP contribution in [0.3, 0.4) is 0 Å². The number of fused-ring (bicyclic) bond motifs is 1. The molecule has 0 saturated carbocycles. The summed E-state index contributed by atoms with van der Waals surface area (Å²) in [7, 11) is 0. The molecule has 2 nitrogen and oxygen atoms in total. The van der Waals surface area contributed by atoms with Gasteiger partial charge in [0.2, 0.25) is 0 Å². The molecule has 0 amide bonds. The molecule has 2 aromatic rings. The minimum atomic E-state index is -0.679. The molecule has 0 spiro atoms. The van der Waals surface area contributed by atoms with E-state index in [9.17, 15) is 9.90 Å². The molecule has 1 aromatic heterocycles. The number of carboxylic acid groups (broad SMARTS) is 1. The van der Waals surface area contributed by atoms with Gasteiger partial charge in [0, 0.05) is 4.70 Å². The number of hydrogen-bond donors (Lipinski definition) is 1. The molecule has 17 heavy (non-hydrogen) atoms. The third-order valence-corrected chi connectivity index (χ3v) is 4.03. The summed E-state index contributed by atoms with van der Waals surface area (Å²) >= 11 is 1.69. The highest BCUT2D eigenvalue weighted by Gasteiger charge is 2.18. The largest absolute Gasteiger partial charge is 0.481 e. The molecular weight excluding hydrogens is 232 g/mol. The fourth-order valence-electron chi connectivity index (χ4n) is 2.12. The first-order valence-electron chi connectivity index (χ1n) is 5.90. The Kier molecular flexibility index (Phi) is 3.79. The van der Waals surface area contributed by atoms with Crippen molar-refractivity contribution >= 4 is 27.4 Å². The van der Waals surface area contributed by atoms with Crippen molar-refractivity contribution in [3.8, 4) is 0 Å². The van der Waals surface area contributed by atoms with Gasteiger partial charge in [-0.2, -0.15) is 0 Å². The van der Waals surface area contributed by atoms with E-state index in [0.29, 0.717) is 6.42 Å². The zero-order chi connectivity index (χ0) is 12.3. The second-order valence-corrected chi connectivity index (χ2v) is 5.20. The molecule has 0 radical (unpaired) electrons. The minimum Gasteiger partial charge on any atom is -0.481 e. The van der Waals surface area contributed by atoms with Gasteiger partial charge in [-0.15, -0.1) is 11.3 Å². The van der Waals surface area contributed by atoms with E-state index in [1.165, 1.54) is 15.6 Å². The lowest BCUT2D eigenvalue weighted by molar-refractivity contribution is -0.141. The standard InChI is InChI=1S/C14H16O2S/c1-2-5-10(14(15)16)8-11-9-17-13-7-4-3-6-12(11)13/h3-4,6-7,9-10H,2,5,8H2,1H3,(H,15,16). The van der Waals surface area contributed by atoms with Gasteiger partial charge in [-0.3, -0.25) is 4.79 Å². The van der Waals surface area contributed by atoms with Crippen LogP contribution < -0.4 is 0 Å². The summed E-state index contributed by atoms with van der Waals surface area (Å²) in [5.41, 5.74) is 1.17. The normalized spacial score (nSPS) is 12.8. The van der Waals surface area contributed by atoms with Crippen LogP contribution in [0, 0.1) is 5.92 Å². The zero-order valence-corrected chi connectivity index (χ0v) is 10.7. The minimum absolute atomic E-state index is 0.252. The molecule has 0 saturated heterocycles. The summed E-state index contributed by atoms with van der Waals surface area (Å²) in [6.45, 7) is 2.03. The van der Waals surface area contributed by atoms with Crippen LogP contribution in [0.1, 0.15) is 25.3 Å². The van der Waals surface area contributed by atoms with Gasteiger partial charge in [0.05, 0.1) is 5.92 Å². The first kappa shape index (κ1) is 12.1. The van der Waals surface area contributed by atoms with Gasteiger partial charge in [0.15, 0.2) is 0 Å². The van der Waals surface area contributed by atoms with Crippen molar-refractivity contribution in [2.75, 3.05) is 0 Å². The van der Waals surface area contributed by atoms with Gasteiger partial charge >= 0.3 is 5.97 Å². The fraction of sp³-hybridized carbons (Fsp3) is 0.357. The highest BCUT2D eigenvalue weighted by atomic mass is 32.1. The van der Waals surface area contributed by atoms with Crippen LogP contribution in [0.5, 0.6) is 0 Å². The SMILES string of the molecule is CCCC(Cc1csc2ccccc12)C(=O)O. The maximum atomic E-state index is 11.2. The predicted octanol–water partition coefficient (Wildman–Crippen LogP) is 3.94. The highest BCUT2D eigenvalue weighted by molar-refractivity contribution is 7.17. The van der Waals surface area contributed by atoms with Gasteiger partial charge in [-0.1, -0.05) is 31.5 Å². The summed E-state index contributed by atoms with van der Waals surface area (Å²) in [6.07, 6.45) is 2.31. The summed E-state index contributed by atoms with van der Waals surface area (Å²) in [5, 5.41) is 12.5. The van der Waals surface area contributed by atoms with Crippen LogP contribution in [-0.2, 0) is 11.2 Å². The lowest BCUT2D eigenvalue weighted by Gasteiger charge is -2.10. The second kappa shape index (κ2) is 5.32. The molecule has 0 aliphatic rings. The average Bonchev–Trinajstić information content (AvgIpc) is 2.72. The summed E-state index contributed by atoms with van der Waals surface area (Å²) in [4.78, 5) is 11.2. The lowest BCUT2D eigenvalue weighted by atomic mass is 9.95. The lowest BCUT2D eigenvalue weighted by Crippen LogP contribution is -2.15. The summed E-state index contributed by atoms with van der Waals surface area (Å²) in [6, 6.07) is 8.18. The Morgan fingerprint density at radius 1 is 1.41 bits per heavy atom. The van der Waals surface area contributed by atoms with E-state index in [1.54, 1.807) is 11.3 Å². The molecule has 0 aliphatic carbocycles. The molecule has 3 heteroatoms. The molecule has 0 fully saturated rings. The van der Waals surface area contributed by atoms with Crippen molar-refractivity contribution in [1.82, 2.24) is 0 Å². The smallest absolute Gasteiger partial charge is 0.306 e. The molecule has 2 rings (SSSR count). The molecule has 1 aromatic carbocycles. The van der Waals surface area contributed by atoms with Crippen molar-refractivity contribution in [3.63, 3.8) is 0 Å². The van der Waals surface area contributed by atoms with Crippen LogP contribution in [-0.4, -0.2) is 11.1 Å². The van der Waals surface area contributed by atoms with E-state index in [-0.39, 0.29) is 5.92 Å².